The van der Waals surface area contributed by atoms with Gasteiger partial charge in [0.05, 0.1) is 31.4 Å². The molecule has 1 saturated heterocycles. The topological polar surface area (TPSA) is 102 Å². The summed E-state index contributed by atoms with van der Waals surface area (Å²) in [5.74, 6) is 0.876. The molecule has 0 N–H and O–H groups in total. The van der Waals surface area contributed by atoms with E-state index >= 15 is 0 Å². The zero-order valence-electron chi connectivity index (χ0n) is 21.9. The summed E-state index contributed by atoms with van der Waals surface area (Å²) in [6.07, 6.45) is 5.46. The Hall–Kier alpha value is -3.54. The molecule has 2 aromatic carbocycles. The molecule has 204 valence electrons. The van der Waals surface area contributed by atoms with Crippen LogP contribution in [0.4, 0.5) is 5.13 Å². The van der Waals surface area contributed by atoms with Crippen LogP contribution >= 0.6 is 11.3 Å². The van der Waals surface area contributed by atoms with Crippen molar-refractivity contribution in [3.8, 4) is 11.5 Å². The second-order valence-electron chi connectivity index (χ2n) is 9.20. The van der Waals surface area contributed by atoms with E-state index in [1.165, 1.54) is 23.5 Å². The molecule has 0 bridgehead atoms. The van der Waals surface area contributed by atoms with Gasteiger partial charge < -0.3 is 9.47 Å². The molecule has 5 rings (SSSR count). The lowest BCUT2D eigenvalue weighted by atomic mass is 10.2. The summed E-state index contributed by atoms with van der Waals surface area (Å²) < 4.78 is 39.8. The van der Waals surface area contributed by atoms with Crippen molar-refractivity contribution in [2.75, 3.05) is 32.2 Å². The van der Waals surface area contributed by atoms with Gasteiger partial charge in [-0.25, -0.2) is 13.4 Å². The number of rotatable bonds is 8. The van der Waals surface area contributed by atoms with Crippen LogP contribution in [0.25, 0.3) is 10.2 Å². The van der Waals surface area contributed by atoms with Gasteiger partial charge in [0.2, 0.25) is 10.0 Å². The molecule has 39 heavy (non-hydrogen) atoms. The molecule has 11 heteroatoms. The van der Waals surface area contributed by atoms with Crippen molar-refractivity contribution >= 4 is 42.6 Å². The normalized spacial score (nSPS) is 14.6. The van der Waals surface area contributed by atoms with Gasteiger partial charge in [0, 0.05) is 24.8 Å². The summed E-state index contributed by atoms with van der Waals surface area (Å²) in [6.45, 7) is 1.22. The Labute approximate surface area is 232 Å². The van der Waals surface area contributed by atoms with Crippen LogP contribution in [0.5, 0.6) is 11.5 Å². The number of thiazole rings is 1. The first-order chi connectivity index (χ1) is 18.9. The van der Waals surface area contributed by atoms with Crippen LogP contribution in [0, 0.1) is 0 Å². The highest BCUT2D eigenvalue weighted by Crippen LogP contribution is 2.40. The first kappa shape index (κ1) is 27.0. The Bertz CT molecular complexity index is 1510. The van der Waals surface area contributed by atoms with Gasteiger partial charge in [0.15, 0.2) is 5.13 Å². The largest absolute Gasteiger partial charge is 0.495 e. The molecular formula is C28H30N4O5S2. The smallest absolute Gasteiger partial charge is 0.260 e. The summed E-state index contributed by atoms with van der Waals surface area (Å²) in [5.41, 5.74) is 1.62. The van der Waals surface area contributed by atoms with Crippen LogP contribution in [0.3, 0.4) is 0 Å². The molecule has 0 spiro atoms. The van der Waals surface area contributed by atoms with Crippen LogP contribution < -0.4 is 14.4 Å². The fourth-order valence-corrected chi connectivity index (χ4v) is 7.22. The fraction of sp³-hybridized carbons (Fsp3) is 0.321. The number of carbonyl (C=O) groups excluding carboxylic acids is 1. The summed E-state index contributed by atoms with van der Waals surface area (Å²) in [5, 5.41) is 0.449. The fourth-order valence-electron chi connectivity index (χ4n) is 4.63. The second kappa shape index (κ2) is 11.7. The number of aromatic nitrogens is 2. The maximum absolute atomic E-state index is 13.9. The van der Waals surface area contributed by atoms with Crippen molar-refractivity contribution in [3.63, 3.8) is 0 Å². The molecule has 0 saturated carbocycles. The molecule has 0 aliphatic carbocycles. The van der Waals surface area contributed by atoms with Gasteiger partial charge in [-0.3, -0.25) is 14.7 Å². The Morgan fingerprint density at radius 1 is 0.949 bits per heavy atom. The SMILES string of the molecule is COc1ccc(OC)c2sc(N(Cc3ccccn3)C(=O)c3ccc(S(=O)(=O)N4CCCCCC4)cc3)nc12. The molecular weight excluding hydrogens is 536 g/mol. The molecule has 1 aliphatic heterocycles. The minimum atomic E-state index is -3.62. The van der Waals surface area contributed by atoms with Crippen LogP contribution in [-0.2, 0) is 16.6 Å². The minimum absolute atomic E-state index is 0.179. The molecule has 0 radical (unpaired) electrons. The van der Waals surface area contributed by atoms with E-state index < -0.39 is 10.0 Å². The average Bonchev–Trinajstić information content (AvgIpc) is 3.22. The second-order valence-corrected chi connectivity index (χ2v) is 12.1. The highest BCUT2D eigenvalue weighted by molar-refractivity contribution is 7.89. The van der Waals surface area contributed by atoms with Gasteiger partial charge in [-0.05, 0) is 61.4 Å². The number of sulfonamides is 1. The quantitative estimate of drug-likeness (QED) is 0.292. The summed E-state index contributed by atoms with van der Waals surface area (Å²) >= 11 is 1.32. The van der Waals surface area contributed by atoms with E-state index in [-0.39, 0.29) is 17.3 Å². The molecule has 1 aliphatic rings. The monoisotopic (exact) mass is 566 g/mol. The van der Waals surface area contributed by atoms with E-state index in [0.717, 1.165) is 30.4 Å². The Kier molecular flexibility index (Phi) is 8.10. The van der Waals surface area contributed by atoms with Gasteiger partial charge in [0.25, 0.3) is 5.91 Å². The molecule has 1 amide bonds. The number of methoxy groups -OCH3 is 2. The van der Waals surface area contributed by atoms with E-state index in [0.29, 0.717) is 46.5 Å². The van der Waals surface area contributed by atoms with E-state index in [1.807, 2.05) is 18.2 Å². The van der Waals surface area contributed by atoms with Gasteiger partial charge >= 0.3 is 0 Å². The van der Waals surface area contributed by atoms with Crippen molar-refractivity contribution in [1.29, 1.82) is 0 Å². The van der Waals surface area contributed by atoms with Crippen molar-refractivity contribution in [3.05, 3.63) is 72.1 Å². The molecule has 1 fully saturated rings. The number of nitrogens with zero attached hydrogens (tertiary/aromatic N) is 4. The zero-order valence-corrected chi connectivity index (χ0v) is 23.5. The molecule has 9 nitrogen and oxygen atoms in total. The van der Waals surface area contributed by atoms with E-state index in [2.05, 4.69) is 4.98 Å². The highest BCUT2D eigenvalue weighted by Gasteiger charge is 2.27. The number of carbonyl (C=O) groups is 1. The Balaban J connectivity index is 1.50. The molecule has 0 unspecified atom stereocenters. The van der Waals surface area contributed by atoms with Crippen LogP contribution in [0.15, 0.2) is 65.7 Å². The number of hydrogen-bond donors (Lipinski definition) is 0. The third-order valence-electron chi connectivity index (χ3n) is 6.73. The molecule has 4 aromatic rings. The van der Waals surface area contributed by atoms with Gasteiger partial charge in [-0.1, -0.05) is 30.2 Å². The van der Waals surface area contributed by atoms with Crippen molar-refractivity contribution in [1.82, 2.24) is 14.3 Å². The first-order valence-corrected chi connectivity index (χ1v) is 15.0. The number of fused-ring (bicyclic) bond motifs is 1. The molecule has 0 atom stereocenters. The van der Waals surface area contributed by atoms with Gasteiger partial charge in [-0.15, -0.1) is 0 Å². The highest BCUT2D eigenvalue weighted by atomic mass is 32.2. The maximum Gasteiger partial charge on any atom is 0.260 e. The van der Waals surface area contributed by atoms with E-state index in [9.17, 15) is 13.2 Å². The number of amides is 1. The maximum atomic E-state index is 13.9. The van der Waals surface area contributed by atoms with E-state index in [4.69, 9.17) is 14.5 Å². The van der Waals surface area contributed by atoms with Gasteiger partial charge in [-0.2, -0.15) is 4.31 Å². The van der Waals surface area contributed by atoms with Crippen LogP contribution in [-0.4, -0.2) is 55.9 Å². The number of hydrogen-bond acceptors (Lipinski definition) is 8. The van der Waals surface area contributed by atoms with Gasteiger partial charge in [0.1, 0.15) is 21.7 Å². The lowest BCUT2D eigenvalue weighted by Gasteiger charge is -2.21. The third-order valence-corrected chi connectivity index (χ3v) is 9.73. The van der Waals surface area contributed by atoms with E-state index in [1.54, 1.807) is 53.9 Å². The average molecular weight is 567 g/mol. The Morgan fingerprint density at radius 3 is 2.28 bits per heavy atom. The Morgan fingerprint density at radius 2 is 1.64 bits per heavy atom. The predicted octanol–water partition coefficient (Wildman–Crippen LogP) is 5.12. The number of ether oxygens (including phenoxy) is 2. The lowest BCUT2D eigenvalue weighted by Crippen LogP contribution is -2.32. The third kappa shape index (κ3) is 5.61. The van der Waals surface area contributed by atoms with Crippen LogP contribution in [0.1, 0.15) is 41.7 Å². The molecule has 2 aromatic heterocycles. The van der Waals surface area contributed by atoms with Crippen molar-refractivity contribution < 1.29 is 22.7 Å². The summed E-state index contributed by atoms with van der Waals surface area (Å²) in [4.78, 5) is 24.8. The zero-order chi connectivity index (χ0) is 27.4. The predicted molar refractivity (Wildman–Crippen MR) is 151 cm³/mol. The molecule has 3 heterocycles. The number of pyridine rings is 1. The lowest BCUT2D eigenvalue weighted by molar-refractivity contribution is 0.0984. The summed E-state index contributed by atoms with van der Waals surface area (Å²) in [6, 6.07) is 15.2. The number of benzene rings is 2. The summed E-state index contributed by atoms with van der Waals surface area (Å²) in [7, 11) is -0.471. The van der Waals surface area contributed by atoms with Crippen molar-refractivity contribution in [2.24, 2.45) is 0 Å². The van der Waals surface area contributed by atoms with Crippen molar-refractivity contribution in [2.45, 2.75) is 37.1 Å². The standard InChI is InChI=1S/C28H30N4O5S2/c1-36-23-14-15-24(37-2)26-25(23)30-28(38-26)32(19-21-9-5-6-16-29-21)27(33)20-10-12-22(13-11-20)39(34,35)31-17-7-3-4-8-18-31/h5-6,9-16H,3-4,7-8,17-19H2,1-2H3. The van der Waals surface area contributed by atoms with Crippen LogP contribution in [0.2, 0.25) is 0 Å². The first-order valence-electron chi connectivity index (χ1n) is 12.8. The number of anilines is 1. The minimum Gasteiger partial charge on any atom is -0.495 e.